The molecule has 0 saturated carbocycles. The van der Waals surface area contributed by atoms with E-state index in [0.29, 0.717) is 18.8 Å². The highest BCUT2D eigenvalue weighted by molar-refractivity contribution is 5.85. The zero-order chi connectivity index (χ0) is 19.3. The summed E-state index contributed by atoms with van der Waals surface area (Å²) in [5.74, 6) is 0.186. The smallest absolute Gasteiger partial charge is 0.263 e. The van der Waals surface area contributed by atoms with E-state index < -0.39 is 5.60 Å². The Morgan fingerprint density at radius 3 is 2.56 bits per heavy atom. The molecule has 144 valence electrons. The molecule has 1 aliphatic rings. The number of likely N-dealkylation sites (tertiary alicyclic amines) is 1. The van der Waals surface area contributed by atoms with Crippen molar-refractivity contribution in [2.45, 2.75) is 38.7 Å². The highest BCUT2D eigenvalue weighted by Gasteiger charge is 2.31. The van der Waals surface area contributed by atoms with E-state index in [9.17, 15) is 9.59 Å². The van der Waals surface area contributed by atoms with Crippen LogP contribution in [-0.2, 0) is 9.59 Å². The fourth-order valence-electron chi connectivity index (χ4n) is 3.01. The molecule has 2 heterocycles. The number of ether oxygens (including phenoxy) is 1. The lowest BCUT2D eigenvalue weighted by Gasteiger charge is -2.24. The third-order valence-electron chi connectivity index (χ3n) is 4.58. The molecule has 1 fully saturated rings. The number of nitrogens with zero attached hydrogens (tertiary/aromatic N) is 3. The predicted octanol–water partition coefficient (Wildman–Crippen LogP) is 2.16. The number of carbonyl (C=O) groups is 2. The first-order valence-electron chi connectivity index (χ1n) is 9.32. The number of aromatic nitrogens is 2. The van der Waals surface area contributed by atoms with Gasteiger partial charge in [-0.1, -0.05) is 18.2 Å². The Hall–Kier alpha value is -2.83. The highest BCUT2D eigenvalue weighted by Crippen LogP contribution is 2.18. The summed E-state index contributed by atoms with van der Waals surface area (Å²) in [6, 6.07) is 11.4. The van der Waals surface area contributed by atoms with Crippen LogP contribution < -0.4 is 10.1 Å². The molecule has 27 heavy (non-hydrogen) atoms. The summed E-state index contributed by atoms with van der Waals surface area (Å²) < 4.78 is 7.48. The van der Waals surface area contributed by atoms with Crippen LogP contribution in [0.15, 0.2) is 42.6 Å². The molecule has 1 aromatic carbocycles. The van der Waals surface area contributed by atoms with E-state index in [2.05, 4.69) is 10.4 Å². The zero-order valence-corrected chi connectivity index (χ0v) is 15.9. The number of hydrogen-bond acceptors (Lipinski definition) is 4. The Morgan fingerprint density at radius 2 is 1.85 bits per heavy atom. The van der Waals surface area contributed by atoms with Gasteiger partial charge in [0.05, 0.1) is 5.69 Å². The molecular weight excluding hydrogens is 344 g/mol. The van der Waals surface area contributed by atoms with Crippen LogP contribution in [0.25, 0.3) is 5.69 Å². The van der Waals surface area contributed by atoms with E-state index >= 15 is 0 Å². The predicted molar refractivity (Wildman–Crippen MR) is 102 cm³/mol. The number of carbonyl (C=O) groups excluding carboxylic acids is 2. The number of amides is 2. The van der Waals surface area contributed by atoms with Crippen LogP contribution in [-0.4, -0.2) is 51.7 Å². The lowest BCUT2D eigenvalue weighted by Crippen LogP contribution is -2.47. The molecule has 1 aromatic heterocycles. The summed E-state index contributed by atoms with van der Waals surface area (Å²) in [7, 11) is 0. The molecule has 3 rings (SSSR count). The van der Waals surface area contributed by atoms with Gasteiger partial charge in [-0.05, 0) is 38.8 Å². The molecule has 1 N–H and O–H groups in total. The van der Waals surface area contributed by atoms with E-state index in [4.69, 9.17) is 4.74 Å². The van der Waals surface area contributed by atoms with E-state index in [1.165, 1.54) is 0 Å². The van der Waals surface area contributed by atoms with Crippen LogP contribution in [0.3, 0.4) is 0 Å². The molecule has 2 aromatic rings. The van der Waals surface area contributed by atoms with Gasteiger partial charge in [0.15, 0.2) is 5.60 Å². The van der Waals surface area contributed by atoms with Crippen molar-refractivity contribution in [3.63, 3.8) is 0 Å². The van der Waals surface area contributed by atoms with E-state index in [0.717, 1.165) is 31.6 Å². The second kappa shape index (κ2) is 8.24. The maximum atomic E-state index is 12.5. The van der Waals surface area contributed by atoms with E-state index in [1.807, 2.05) is 35.2 Å². The molecule has 0 atom stereocenters. The summed E-state index contributed by atoms with van der Waals surface area (Å²) >= 11 is 0. The monoisotopic (exact) mass is 370 g/mol. The Bertz CT molecular complexity index is 780. The van der Waals surface area contributed by atoms with Crippen LogP contribution >= 0.6 is 0 Å². The molecular formula is C20H26N4O3. The fourth-order valence-corrected chi connectivity index (χ4v) is 3.01. The van der Waals surface area contributed by atoms with Crippen molar-refractivity contribution in [2.75, 3.05) is 19.6 Å². The average molecular weight is 370 g/mol. The summed E-state index contributed by atoms with van der Waals surface area (Å²) in [4.78, 5) is 26.3. The van der Waals surface area contributed by atoms with Crippen molar-refractivity contribution in [1.29, 1.82) is 0 Å². The van der Waals surface area contributed by atoms with Gasteiger partial charge in [-0.25, -0.2) is 4.68 Å². The first-order valence-corrected chi connectivity index (χ1v) is 9.32. The minimum absolute atomic E-state index is 0.0909. The molecule has 1 aliphatic heterocycles. The largest absolute Gasteiger partial charge is 0.460 e. The van der Waals surface area contributed by atoms with Crippen LogP contribution in [0.5, 0.6) is 5.88 Å². The molecule has 0 unspecified atom stereocenters. The normalized spacial score (nSPS) is 14.2. The summed E-state index contributed by atoms with van der Waals surface area (Å²) in [6.07, 6.45) is 4.22. The van der Waals surface area contributed by atoms with Crippen molar-refractivity contribution < 1.29 is 14.3 Å². The third kappa shape index (κ3) is 4.87. The van der Waals surface area contributed by atoms with Crippen molar-refractivity contribution in [1.82, 2.24) is 20.0 Å². The molecule has 0 radical (unpaired) electrons. The summed E-state index contributed by atoms with van der Waals surface area (Å²) in [6.45, 7) is 5.33. The molecule has 2 amide bonds. The van der Waals surface area contributed by atoms with Gasteiger partial charge in [-0.15, -0.1) is 5.10 Å². The molecule has 7 heteroatoms. The van der Waals surface area contributed by atoms with Crippen LogP contribution in [0.2, 0.25) is 0 Å². The van der Waals surface area contributed by atoms with Crippen LogP contribution in [0, 0.1) is 0 Å². The van der Waals surface area contributed by atoms with Crippen LogP contribution in [0.1, 0.15) is 33.1 Å². The van der Waals surface area contributed by atoms with Crippen molar-refractivity contribution >= 4 is 11.8 Å². The highest BCUT2D eigenvalue weighted by atomic mass is 16.5. The Balaban J connectivity index is 1.50. The van der Waals surface area contributed by atoms with Crippen LogP contribution in [0.4, 0.5) is 0 Å². The van der Waals surface area contributed by atoms with Gasteiger partial charge < -0.3 is 15.0 Å². The molecule has 0 spiro atoms. The van der Waals surface area contributed by atoms with Gasteiger partial charge in [0.25, 0.3) is 5.91 Å². The first-order chi connectivity index (χ1) is 13.0. The topological polar surface area (TPSA) is 76.5 Å². The quantitative estimate of drug-likeness (QED) is 0.810. The molecule has 0 bridgehead atoms. The van der Waals surface area contributed by atoms with Gasteiger partial charge in [-0.3, -0.25) is 9.59 Å². The third-order valence-corrected chi connectivity index (χ3v) is 4.58. The number of benzene rings is 1. The lowest BCUT2D eigenvalue weighted by molar-refractivity contribution is -0.135. The van der Waals surface area contributed by atoms with Crippen molar-refractivity contribution in [2.24, 2.45) is 0 Å². The van der Waals surface area contributed by atoms with Gasteiger partial charge >= 0.3 is 0 Å². The first kappa shape index (κ1) is 18.9. The van der Waals surface area contributed by atoms with Crippen molar-refractivity contribution in [3.05, 3.63) is 42.6 Å². The summed E-state index contributed by atoms with van der Waals surface area (Å²) in [5, 5.41) is 7.15. The minimum atomic E-state index is -1.09. The number of hydrogen-bond donors (Lipinski definition) is 1. The zero-order valence-electron chi connectivity index (χ0n) is 15.9. The number of rotatable bonds is 7. The molecule has 7 nitrogen and oxygen atoms in total. The Morgan fingerprint density at radius 1 is 1.15 bits per heavy atom. The molecule has 1 saturated heterocycles. The summed E-state index contributed by atoms with van der Waals surface area (Å²) in [5.41, 5.74) is -0.179. The Kier molecular flexibility index (Phi) is 5.78. The van der Waals surface area contributed by atoms with E-state index in [-0.39, 0.29) is 11.8 Å². The lowest BCUT2D eigenvalue weighted by atomic mass is 10.1. The number of nitrogens with one attached hydrogen (secondary N) is 1. The number of para-hydroxylation sites is 1. The second-order valence-electron chi connectivity index (χ2n) is 7.14. The van der Waals surface area contributed by atoms with Gasteiger partial charge in [0, 0.05) is 38.3 Å². The Labute approximate surface area is 159 Å². The second-order valence-corrected chi connectivity index (χ2v) is 7.14. The maximum Gasteiger partial charge on any atom is 0.263 e. The standard InChI is InChI=1S/C20H26N4O3/c1-20(2,19(26)21-12-10-18(25)23-13-6-7-14-23)27-17-11-15-24(22-17)16-8-4-3-5-9-16/h3-5,8-9,11,15H,6-7,10,12-14H2,1-2H3,(H,21,26). The van der Waals surface area contributed by atoms with E-state index in [1.54, 1.807) is 30.8 Å². The van der Waals surface area contributed by atoms with Crippen molar-refractivity contribution in [3.8, 4) is 11.6 Å². The SMILES string of the molecule is CC(C)(Oc1ccn(-c2ccccc2)n1)C(=O)NCCC(=O)N1CCCC1. The minimum Gasteiger partial charge on any atom is -0.460 e. The van der Waals surface area contributed by atoms with Gasteiger partial charge in [-0.2, -0.15) is 0 Å². The average Bonchev–Trinajstić information content (AvgIpc) is 3.34. The maximum absolute atomic E-state index is 12.5. The van der Waals surface area contributed by atoms with Gasteiger partial charge in [0.2, 0.25) is 11.8 Å². The molecule has 0 aliphatic carbocycles. The van der Waals surface area contributed by atoms with Gasteiger partial charge in [0.1, 0.15) is 0 Å². The fraction of sp³-hybridized carbons (Fsp3) is 0.450.